The lowest BCUT2D eigenvalue weighted by molar-refractivity contribution is 0.102. The molecule has 0 spiro atoms. The fourth-order valence-corrected chi connectivity index (χ4v) is 1.89. The monoisotopic (exact) mass is 325 g/mol. The van der Waals surface area contributed by atoms with Crippen molar-refractivity contribution in [2.45, 2.75) is 6.92 Å². The van der Waals surface area contributed by atoms with Gasteiger partial charge in [0.1, 0.15) is 4.60 Å². The second-order valence-electron chi connectivity index (χ2n) is 3.67. The van der Waals surface area contributed by atoms with Crippen molar-refractivity contribution in [3.8, 4) is 0 Å². The molecule has 0 aliphatic heterocycles. The van der Waals surface area contributed by atoms with Crippen LogP contribution in [0.1, 0.15) is 15.9 Å². The Morgan fingerprint density at radius 2 is 2.17 bits per heavy atom. The Morgan fingerprint density at radius 3 is 2.89 bits per heavy atom. The van der Waals surface area contributed by atoms with Gasteiger partial charge in [-0.1, -0.05) is 11.6 Å². The first kappa shape index (κ1) is 13.0. The van der Waals surface area contributed by atoms with Crippen LogP contribution in [0.5, 0.6) is 0 Å². The summed E-state index contributed by atoms with van der Waals surface area (Å²) in [4.78, 5) is 19.9. The van der Waals surface area contributed by atoms with Gasteiger partial charge in [-0.05, 0) is 46.6 Å². The Balaban J connectivity index is 2.24. The lowest BCUT2D eigenvalue weighted by Gasteiger charge is -2.07. The van der Waals surface area contributed by atoms with Gasteiger partial charge in [-0.2, -0.15) is 0 Å². The first-order chi connectivity index (χ1) is 8.56. The molecule has 0 saturated carbocycles. The number of pyridine rings is 2. The molecule has 2 aromatic heterocycles. The molecule has 2 aromatic rings. The summed E-state index contributed by atoms with van der Waals surface area (Å²) in [5.74, 6) is -0.257. The third-order valence-electron chi connectivity index (χ3n) is 2.21. The minimum absolute atomic E-state index is 0.257. The van der Waals surface area contributed by atoms with Gasteiger partial charge in [0, 0.05) is 18.0 Å². The van der Waals surface area contributed by atoms with Crippen LogP contribution in [-0.4, -0.2) is 15.9 Å². The number of halogens is 2. The molecule has 92 valence electrons. The van der Waals surface area contributed by atoms with E-state index in [1.807, 2.05) is 6.92 Å². The summed E-state index contributed by atoms with van der Waals surface area (Å²) < 4.78 is 0.601. The van der Waals surface area contributed by atoms with Crippen molar-refractivity contribution in [1.29, 1.82) is 0 Å². The van der Waals surface area contributed by atoms with E-state index in [1.54, 1.807) is 30.6 Å². The summed E-state index contributed by atoms with van der Waals surface area (Å²) >= 11 is 9.12. The zero-order valence-electron chi connectivity index (χ0n) is 9.45. The van der Waals surface area contributed by atoms with Gasteiger partial charge >= 0.3 is 0 Å². The van der Waals surface area contributed by atoms with E-state index in [4.69, 9.17) is 11.6 Å². The van der Waals surface area contributed by atoms with Crippen molar-refractivity contribution in [3.63, 3.8) is 0 Å². The summed E-state index contributed by atoms with van der Waals surface area (Å²) in [5.41, 5.74) is 1.91. The van der Waals surface area contributed by atoms with Gasteiger partial charge in [-0.3, -0.25) is 4.79 Å². The van der Waals surface area contributed by atoms with Crippen LogP contribution in [0.3, 0.4) is 0 Å². The van der Waals surface area contributed by atoms with Crippen molar-refractivity contribution in [2.75, 3.05) is 5.32 Å². The minimum Gasteiger partial charge on any atom is -0.319 e. The van der Waals surface area contributed by atoms with Gasteiger partial charge in [0.25, 0.3) is 5.91 Å². The number of hydrogen-bond acceptors (Lipinski definition) is 3. The van der Waals surface area contributed by atoms with E-state index in [2.05, 4.69) is 31.2 Å². The molecule has 1 N–H and O–H groups in total. The number of anilines is 1. The van der Waals surface area contributed by atoms with Crippen molar-refractivity contribution in [3.05, 3.63) is 51.5 Å². The molecule has 0 unspecified atom stereocenters. The Hall–Kier alpha value is -1.46. The predicted molar refractivity (Wildman–Crippen MR) is 73.9 cm³/mol. The molecule has 18 heavy (non-hydrogen) atoms. The highest BCUT2D eigenvalue weighted by Gasteiger charge is 2.09. The van der Waals surface area contributed by atoms with E-state index in [1.165, 1.54) is 0 Å². The van der Waals surface area contributed by atoms with Crippen LogP contribution >= 0.6 is 27.5 Å². The van der Waals surface area contributed by atoms with E-state index in [9.17, 15) is 4.79 Å². The van der Waals surface area contributed by atoms with Crippen molar-refractivity contribution >= 4 is 39.1 Å². The maximum Gasteiger partial charge on any atom is 0.255 e. The molecule has 0 bridgehead atoms. The normalized spacial score (nSPS) is 10.2. The number of carbonyl (C=O) groups is 1. The maximum atomic E-state index is 12.0. The first-order valence-corrected chi connectivity index (χ1v) is 6.28. The SMILES string of the molecule is Cc1cnc(Cl)c(NC(=O)c2ccnc(Br)c2)c1. The Morgan fingerprint density at radius 1 is 1.39 bits per heavy atom. The summed E-state index contributed by atoms with van der Waals surface area (Å²) in [6, 6.07) is 5.02. The molecular weight excluding hydrogens is 318 g/mol. The number of hydrogen-bond donors (Lipinski definition) is 1. The molecular formula is C12H9BrClN3O. The number of amides is 1. The van der Waals surface area contributed by atoms with E-state index < -0.39 is 0 Å². The topological polar surface area (TPSA) is 54.9 Å². The van der Waals surface area contributed by atoms with Gasteiger partial charge in [-0.25, -0.2) is 9.97 Å². The van der Waals surface area contributed by atoms with Crippen LogP contribution in [0.15, 0.2) is 35.2 Å². The number of carbonyl (C=O) groups excluding carboxylic acids is 1. The summed E-state index contributed by atoms with van der Waals surface area (Å²) in [5, 5.41) is 2.98. The average molecular weight is 327 g/mol. The fourth-order valence-electron chi connectivity index (χ4n) is 1.38. The molecule has 0 fully saturated rings. The molecule has 0 atom stereocenters. The van der Waals surface area contributed by atoms with Gasteiger partial charge in [0.2, 0.25) is 0 Å². The zero-order chi connectivity index (χ0) is 13.1. The Labute approximate surface area is 118 Å². The Kier molecular flexibility index (Phi) is 3.93. The first-order valence-electron chi connectivity index (χ1n) is 5.11. The average Bonchev–Trinajstić information content (AvgIpc) is 2.34. The smallest absolute Gasteiger partial charge is 0.255 e. The van der Waals surface area contributed by atoms with E-state index in [0.717, 1.165) is 5.56 Å². The predicted octanol–water partition coefficient (Wildman–Crippen LogP) is 3.45. The second kappa shape index (κ2) is 5.46. The van der Waals surface area contributed by atoms with Gasteiger partial charge in [-0.15, -0.1) is 0 Å². The van der Waals surface area contributed by atoms with Gasteiger partial charge < -0.3 is 5.32 Å². The molecule has 2 heterocycles. The second-order valence-corrected chi connectivity index (χ2v) is 4.84. The van der Waals surface area contributed by atoms with Gasteiger partial charge in [0.05, 0.1) is 5.69 Å². The van der Waals surface area contributed by atoms with Crippen LogP contribution in [0.2, 0.25) is 5.15 Å². The number of nitrogens with one attached hydrogen (secondary N) is 1. The van der Waals surface area contributed by atoms with E-state index >= 15 is 0 Å². The number of aromatic nitrogens is 2. The van der Waals surface area contributed by atoms with E-state index in [-0.39, 0.29) is 11.1 Å². The van der Waals surface area contributed by atoms with Crippen LogP contribution in [-0.2, 0) is 0 Å². The summed E-state index contributed by atoms with van der Waals surface area (Å²) in [6.45, 7) is 1.88. The third kappa shape index (κ3) is 3.05. The molecule has 0 saturated heterocycles. The van der Waals surface area contributed by atoms with Gasteiger partial charge in [0.15, 0.2) is 5.15 Å². The standard InChI is InChI=1S/C12H9BrClN3O/c1-7-4-9(11(14)16-6-7)17-12(18)8-2-3-15-10(13)5-8/h2-6H,1H3,(H,17,18). The Bertz CT molecular complexity index is 604. The highest BCUT2D eigenvalue weighted by molar-refractivity contribution is 9.10. The van der Waals surface area contributed by atoms with E-state index in [0.29, 0.717) is 15.9 Å². The maximum absolute atomic E-state index is 12.0. The highest BCUT2D eigenvalue weighted by atomic mass is 79.9. The molecule has 0 aliphatic carbocycles. The third-order valence-corrected chi connectivity index (χ3v) is 2.95. The van der Waals surface area contributed by atoms with Crippen molar-refractivity contribution < 1.29 is 4.79 Å². The summed E-state index contributed by atoms with van der Waals surface area (Å²) in [7, 11) is 0. The van der Waals surface area contributed by atoms with Crippen LogP contribution in [0, 0.1) is 6.92 Å². The largest absolute Gasteiger partial charge is 0.319 e. The van der Waals surface area contributed by atoms with Crippen LogP contribution in [0.4, 0.5) is 5.69 Å². The number of nitrogens with zero attached hydrogens (tertiary/aromatic N) is 2. The molecule has 0 aromatic carbocycles. The highest BCUT2D eigenvalue weighted by Crippen LogP contribution is 2.20. The zero-order valence-corrected chi connectivity index (χ0v) is 11.8. The molecule has 1 amide bonds. The van der Waals surface area contributed by atoms with Crippen molar-refractivity contribution in [1.82, 2.24) is 9.97 Å². The van der Waals surface area contributed by atoms with Crippen molar-refractivity contribution in [2.24, 2.45) is 0 Å². The molecule has 4 nitrogen and oxygen atoms in total. The quantitative estimate of drug-likeness (QED) is 0.860. The molecule has 6 heteroatoms. The minimum atomic E-state index is -0.257. The lowest BCUT2D eigenvalue weighted by atomic mass is 10.2. The lowest BCUT2D eigenvalue weighted by Crippen LogP contribution is -2.12. The number of rotatable bonds is 2. The molecule has 2 rings (SSSR count). The fraction of sp³-hybridized carbons (Fsp3) is 0.0833. The number of aryl methyl sites for hydroxylation is 1. The summed E-state index contributed by atoms with van der Waals surface area (Å²) in [6.07, 6.45) is 3.19. The molecule has 0 aliphatic rings. The molecule has 0 radical (unpaired) electrons. The van der Waals surface area contributed by atoms with Crippen LogP contribution < -0.4 is 5.32 Å². The van der Waals surface area contributed by atoms with Crippen LogP contribution in [0.25, 0.3) is 0 Å².